The van der Waals surface area contributed by atoms with Gasteiger partial charge in [-0.25, -0.2) is 9.48 Å². The number of rotatable bonds is 5. The van der Waals surface area contributed by atoms with Crippen LogP contribution in [0.2, 0.25) is 0 Å². The molecule has 1 amide bonds. The second-order valence-corrected chi connectivity index (χ2v) is 5.04. The van der Waals surface area contributed by atoms with E-state index in [0.717, 1.165) is 0 Å². The maximum absolute atomic E-state index is 12.2. The van der Waals surface area contributed by atoms with Crippen molar-refractivity contribution < 1.29 is 19.4 Å². The predicted molar refractivity (Wildman–Crippen MR) is 83.5 cm³/mol. The first-order valence-electron chi connectivity index (χ1n) is 7.12. The Balaban J connectivity index is 1.95. The molecule has 0 atom stereocenters. The van der Waals surface area contributed by atoms with E-state index >= 15 is 0 Å². The Morgan fingerprint density at radius 3 is 2.92 bits per heavy atom. The maximum Gasteiger partial charge on any atom is 0.405 e. The Bertz CT molecular complexity index is 946. The number of fused-ring (bicyclic) bond motifs is 1. The Labute approximate surface area is 135 Å². The molecule has 124 valence electrons. The molecule has 9 nitrogen and oxygen atoms in total. The lowest BCUT2D eigenvalue weighted by Crippen LogP contribution is -2.20. The number of nitrogens with zero attached hydrogens (tertiary/aromatic N) is 3. The lowest BCUT2D eigenvalue weighted by atomic mass is 10.1. The Hall–Kier alpha value is -3.20. The molecule has 0 spiro atoms. The Kier molecular flexibility index (Phi) is 4.25. The standard InChI is InChI=1S/C15H14N4O5/c20-4-3-19-8-12(17-18-19)9-1-2-14-11(5-9)13(21)6-10(24-14)7-16-15(22)23/h1-2,5-6,8,16,20H,3-4,7H2,(H,22,23). The van der Waals surface area contributed by atoms with E-state index in [-0.39, 0.29) is 24.3 Å². The largest absolute Gasteiger partial charge is 0.465 e. The molecule has 2 heterocycles. The van der Waals surface area contributed by atoms with Crippen LogP contribution in [0, 0.1) is 0 Å². The van der Waals surface area contributed by atoms with Crippen molar-refractivity contribution in [3.8, 4) is 11.3 Å². The van der Waals surface area contributed by atoms with Crippen molar-refractivity contribution >= 4 is 17.1 Å². The first-order chi connectivity index (χ1) is 11.6. The van der Waals surface area contributed by atoms with Crippen LogP contribution in [-0.4, -0.2) is 37.9 Å². The second-order valence-electron chi connectivity index (χ2n) is 5.04. The summed E-state index contributed by atoms with van der Waals surface area (Å²) in [7, 11) is 0. The highest BCUT2D eigenvalue weighted by molar-refractivity contribution is 5.82. The number of aromatic nitrogens is 3. The molecule has 0 radical (unpaired) electrons. The van der Waals surface area contributed by atoms with Gasteiger partial charge in [0.15, 0.2) is 5.43 Å². The first kappa shape index (κ1) is 15.7. The van der Waals surface area contributed by atoms with Gasteiger partial charge in [0, 0.05) is 11.6 Å². The third-order valence-corrected chi connectivity index (χ3v) is 3.36. The fourth-order valence-electron chi connectivity index (χ4n) is 2.26. The topological polar surface area (TPSA) is 130 Å². The molecule has 24 heavy (non-hydrogen) atoms. The van der Waals surface area contributed by atoms with E-state index in [1.165, 1.54) is 10.7 Å². The normalized spacial score (nSPS) is 10.9. The zero-order chi connectivity index (χ0) is 17.1. The van der Waals surface area contributed by atoms with E-state index in [0.29, 0.717) is 28.8 Å². The smallest absolute Gasteiger partial charge is 0.405 e. The van der Waals surface area contributed by atoms with Crippen LogP contribution in [-0.2, 0) is 13.1 Å². The number of carboxylic acid groups (broad SMARTS) is 1. The highest BCUT2D eigenvalue weighted by Crippen LogP contribution is 2.21. The molecular weight excluding hydrogens is 316 g/mol. The molecule has 0 fully saturated rings. The summed E-state index contributed by atoms with van der Waals surface area (Å²) in [6.45, 7) is 0.206. The van der Waals surface area contributed by atoms with Gasteiger partial charge in [-0.15, -0.1) is 5.10 Å². The molecule has 1 aromatic carbocycles. The summed E-state index contributed by atoms with van der Waals surface area (Å²) >= 11 is 0. The highest BCUT2D eigenvalue weighted by atomic mass is 16.4. The minimum absolute atomic E-state index is 0.0444. The third kappa shape index (κ3) is 3.25. The van der Waals surface area contributed by atoms with Crippen LogP contribution in [0.1, 0.15) is 5.76 Å². The van der Waals surface area contributed by atoms with Crippen molar-refractivity contribution in [2.45, 2.75) is 13.1 Å². The van der Waals surface area contributed by atoms with Gasteiger partial charge in [0.05, 0.1) is 31.3 Å². The van der Waals surface area contributed by atoms with Crippen molar-refractivity contribution in [1.82, 2.24) is 20.3 Å². The van der Waals surface area contributed by atoms with Crippen LogP contribution in [0.15, 0.2) is 39.7 Å². The zero-order valence-corrected chi connectivity index (χ0v) is 12.5. The van der Waals surface area contributed by atoms with E-state index < -0.39 is 6.09 Å². The molecule has 3 rings (SSSR count). The quantitative estimate of drug-likeness (QED) is 0.631. The van der Waals surface area contributed by atoms with Gasteiger partial charge in [0.25, 0.3) is 0 Å². The number of aliphatic hydroxyl groups is 1. The Morgan fingerprint density at radius 1 is 1.33 bits per heavy atom. The van der Waals surface area contributed by atoms with Crippen LogP contribution in [0.4, 0.5) is 4.79 Å². The van der Waals surface area contributed by atoms with Crippen molar-refractivity contribution in [3.05, 3.63) is 46.4 Å². The molecule has 9 heteroatoms. The fourth-order valence-corrected chi connectivity index (χ4v) is 2.26. The summed E-state index contributed by atoms with van der Waals surface area (Å²) in [5, 5.41) is 27.9. The van der Waals surface area contributed by atoms with Crippen molar-refractivity contribution in [2.75, 3.05) is 6.61 Å². The minimum atomic E-state index is -1.20. The molecule has 0 aliphatic rings. The molecule has 3 N–H and O–H groups in total. The van der Waals surface area contributed by atoms with Gasteiger partial charge in [-0.3, -0.25) is 4.79 Å². The highest BCUT2D eigenvalue weighted by Gasteiger charge is 2.10. The number of hydrogen-bond donors (Lipinski definition) is 3. The summed E-state index contributed by atoms with van der Waals surface area (Å²) < 4.78 is 7.03. The lowest BCUT2D eigenvalue weighted by molar-refractivity contribution is 0.193. The molecule has 0 saturated carbocycles. The molecule has 0 aliphatic carbocycles. The summed E-state index contributed by atoms with van der Waals surface area (Å²) in [5.74, 6) is 0.233. The SMILES string of the molecule is O=C(O)NCc1cc(=O)c2cc(-c3cn(CCO)nn3)ccc2o1. The molecular formula is C15H14N4O5. The third-order valence-electron chi connectivity index (χ3n) is 3.36. The Morgan fingerprint density at radius 2 is 2.17 bits per heavy atom. The van der Waals surface area contributed by atoms with Gasteiger partial charge < -0.3 is 19.9 Å². The average Bonchev–Trinajstić information content (AvgIpc) is 3.02. The predicted octanol–water partition coefficient (Wildman–Crippen LogP) is 0.811. The van der Waals surface area contributed by atoms with Crippen molar-refractivity contribution in [3.63, 3.8) is 0 Å². The van der Waals surface area contributed by atoms with Crippen LogP contribution in [0.25, 0.3) is 22.2 Å². The van der Waals surface area contributed by atoms with Crippen LogP contribution in [0.3, 0.4) is 0 Å². The minimum Gasteiger partial charge on any atom is -0.465 e. The number of nitrogens with one attached hydrogen (secondary N) is 1. The molecule has 0 saturated heterocycles. The summed E-state index contributed by atoms with van der Waals surface area (Å²) in [6.07, 6.45) is 0.475. The number of aliphatic hydroxyl groups excluding tert-OH is 1. The lowest BCUT2D eigenvalue weighted by Gasteiger charge is -2.04. The molecule has 0 bridgehead atoms. The van der Waals surface area contributed by atoms with Crippen molar-refractivity contribution in [2.24, 2.45) is 0 Å². The van der Waals surface area contributed by atoms with Crippen LogP contribution in [0.5, 0.6) is 0 Å². The van der Waals surface area contributed by atoms with E-state index in [2.05, 4.69) is 15.6 Å². The van der Waals surface area contributed by atoms with Gasteiger partial charge in [0.1, 0.15) is 17.0 Å². The zero-order valence-electron chi connectivity index (χ0n) is 12.5. The summed E-state index contributed by atoms with van der Waals surface area (Å²) in [4.78, 5) is 22.7. The van der Waals surface area contributed by atoms with Gasteiger partial charge >= 0.3 is 6.09 Å². The molecule has 0 aliphatic heterocycles. The van der Waals surface area contributed by atoms with E-state index in [9.17, 15) is 9.59 Å². The number of hydrogen-bond acceptors (Lipinski definition) is 6. The molecule has 2 aromatic heterocycles. The fraction of sp³-hybridized carbons (Fsp3) is 0.200. The van der Waals surface area contributed by atoms with Gasteiger partial charge in [-0.05, 0) is 18.2 Å². The van der Waals surface area contributed by atoms with Gasteiger partial charge in [-0.2, -0.15) is 0 Å². The molecule has 3 aromatic rings. The van der Waals surface area contributed by atoms with Gasteiger partial charge in [-0.1, -0.05) is 5.21 Å². The second kappa shape index (κ2) is 6.50. The average molecular weight is 330 g/mol. The number of carbonyl (C=O) groups is 1. The van der Waals surface area contributed by atoms with Crippen LogP contribution < -0.4 is 10.7 Å². The van der Waals surface area contributed by atoms with Gasteiger partial charge in [0.2, 0.25) is 0 Å². The molecule has 0 unspecified atom stereocenters. The summed E-state index contributed by atoms with van der Waals surface area (Å²) in [5.41, 5.74) is 1.34. The summed E-state index contributed by atoms with van der Waals surface area (Å²) in [6, 6.07) is 6.25. The van der Waals surface area contributed by atoms with E-state index in [1.807, 2.05) is 0 Å². The first-order valence-corrected chi connectivity index (χ1v) is 7.12. The number of benzene rings is 1. The van der Waals surface area contributed by atoms with E-state index in [4.69, 9.17) is 14.6 Å². The number of amides is 1. The van der Waals surface area contributed by atoms with Crippen molar-refractivity contribution in [1.29, 1.82) is 0 Å². The maximum atomic E-state index is 12.2. The van der Waals surface area contributed by atoms with Crippen LogP contribution >= 0.6 is 0 Å². The monoisotopic (exact) mass is 330 g/mol. The van der Waals surface area contributed by atoms with E-state index in [1.54, 1.807) is 24.4 Å².